The number of rotatable bonds is 5. The highest BCUT2D eigenvalue weighted by molar-refractivity contribution is 5.83. The van der Waals surface area contributed by atoms with Crippen LogP contribution in [0.2, 0.25) is 0 Å². The van der Waals surface area contributed by atoms with Gasteiger partial charge in [-0.05, 0) is 58.2 Å². The van der Waals surface area contributed by atoms with Crippen LogP contribution in [0.25, 0.3) is 10.9 Å². The summed E-state index contributed by atoms with van der Waals surface area (Å²) in [6, 6.07) is 6.27. The first-order valence-corrected chi connectivity index (χ1v) is 11.1. The van der Waals surface area contributed by atoms with Gasteiger partial charge in [-0.1, -0.05) is 6.42 Å². The quantitative estimate of drug-likeness (QED) is 0.698. The number of esters is 1. The molecule has 30 heavy (non-hydrogen) atoms. The SMILES string of the molecule is CCOC(=O)C1CCCCN1C1CCN(c2nc(C)c3ccc(OC)cc3n2)CC1. The van der Waals surface area contributed by atoms with Crippen LogP contribution >= 0.6 is 0 Å². The molecule has 0 amide bonds. The molecule has 0 saturated carbocycles. The number of benzene rings is 1. The lowest BCUT2D eigenvalue weighted by atomic mass is 9.95. The lowest BCUT2D eigenvalue weighted by Crippen LogP contribution is -2.54. The van der Waals surface area contributed by atoms with Gasteiger partial charge in [0.2, 0.25) is 5.95 Å². The van der Waals surface area contributed by atoms with Crippen LogP contribution in [0.15, 0.2) is 18.2 Å². The minimum Gasteiger partial charge on any atom is -0.497 e. The molecular weight excluding hydrogens is 380 g/mol. The molecule has 2 aromatic rings. The molecule has 1 aromatic carbocycles. The lowest BCUT2D eigenvalue weighted by Gasteiger charge is -2.43. The maximum absolute atomic E-state index is 12.4. The minimum absolute atomic E-state index is 0.0536. The number of piperidine rings is 2. The standard InChI is InChI=1S/C23H32N4O3/c1-4-30-22(28)21-7-5-6-12-27(21)17-10-13-26(14-11-17)23-24-16(2)19-9-8-18(29-3)15-20(19)25-23/h8-9,15,17,21H,4-7,10-14H2,1-3H3. The predicted octanol–water partition coefficient (Wildman–Crippen LogP) is 3.33. The van der Waals surface area contributed by atoms with Crippen LogP contribution in [0.4, 0.5) is 5.95 Å². The highest BCUT2D eigenvalue weighted by Gasteiger charge is 2.36. The normalized spacial score (nSPS) is 21.0. The fourth-order valence-corrected chi connectivity index (χ4v) is 4.80. The summed E-state index contributed by atoms with van der Waals surface area (Å²) in [6.45, 7) is 7.14. The second kappa shape index (κ2) is 9.16. The van der Waals surface area contributed by atoms with Crippen molar-refractivity contribution in [3.63, 3.8) is 0 Å². The molecule has 1 aromatic heterocycles. The van der Waals surface area contributed by atoms with Gasteiger partial charge in [0, 0.05) is 30.6 Å². The number of carbonyl (C=O) groups excluding carboxylic acids is 1. The zero-order valence-electron chi connectivity index (χ0n) is 18.3. The number of ether oxygens (including phenoxy) is 2. The van der Waals surface area contributed by atoms with E-state index in [2.05, 4.69) is 9.80 Å². The topological polar surface area (TPSA) is 67.8 Å². The van der Waals surface area contributed by atoms with Crippen LogP contribution < -0.4 is 9.64 Å². The molecule has 0 radical (unpaired) electrons. The van der Waals surface area contributed by atoms with Gasteiger partial charge < -0.3 is 14.4 Å². The van der Waals surface area contributed by atoms with Gasteiger partial charge in [-0.25, -0.2) is 9.97 Å². The summed E-state index contributed by atoms with van der Waals surface area (Å²) < 4.78 is 10.7. The largest absolute Gasteiger partial charge is 0.497 e. The summed E-state index contributed by atoms with van der Waals surface area (Å²) in [4.78, 5) is 26.7. The van der Waals surface area contributed by atoms with Crippen LogP contribution in [0, 0.1) is 6.92 Å². The molecule has 7 nitrogen and oxygen atoms in total. The molecule has 2 fully saturated rings. The summed E-state index contributed by atoms with van der Waals surface area (Å²) in [6.07, 6.45) is 5.19. The molecule has 0 bridgehead atoms. The van der Waals surface area contributed by atoms with E-state index in [1.807, 2.05) is 32.0 Å². The van der Waals surface area contributed by atoms with E-state index in [0.29, 0.717) is 12.6 Å². The first kappa shape index (κ1) is 20.8. The van der Waals surface area contributed by atoms with E-state index in [9.17, 15) is 4.79 Å². The number of likely N-dealkylation sites (tertiary alicyclic amines) is 1. The number of anilines is 1. The van der Waals surface area contributed by atoms with Crippen LogP contribution in [-0.2, 0) is 9.53 Å². The van der Waals surface area contributed by atoms with E-state index in [0.717, 1.165) is 80.0 Å². The van der Waals surface area contributed by atoms with Gasteiger partial charge in [-0.3, -0.25) is 9.69 Å². The third-order valence-electron chi connectivity index (χ3n) is 6.40. The van der Waals surface area contributed by atoms with Crippen LogP contribution in [0.1, 0.15) is 44.7 Å². The minimum atomic E-state index is -0.0816. The summed E-state index contributed by atoms with van der Waals surface area (Å²) in [7, 11) is 1.67. The molecule has 1 atom stereocenters. The van der Waals surface area contributed by atoms with Crippen LogP contribution in [0.3, 0.4) is 0 Å². The second-order valence-electron chi connectivity index (χ2n) is 8.21. The summed E-state index contributed by atoms with van der Waals surface area (Å²) >= 11 is 0. The lowest BCUT2D eigenvalue weighted by molar-refractivity contribution is -0.152. The van der Waals surface area contributed by atoms with Crippen LogP contribution in [0.5, 0.6) is 5.75 Å². The van der Waals surface area contributed by atoms with E-state index in [4.69, 9.17) is 19.4 Å². The fourth-order valence-electron chi connectivity index (χ4n) is 4.80. The number of hydrogen-bond acceptors (Lipinski definition) is 7. The van der Waals surface area contributed by atoms with E-state index in [1.165, 1.54) is 0 Å². The van der Waals surface area contributed by atoms with Gasteiger partial charge in [0.25, 0.3) is 0 Å². The van der Waals surface area contributed by atoms with E-state index < -0.39 is 0 Å². The molecule has 2 aliphatic rings. The number of aromatic nitrogens is 2. The van der Waals surface area contributed by atoms with Crippen molar-refractivity contribution in [1.29, 1.82) is 0 Å². The monoisotopic (exact) mass is 412 g/mol. The van der Waals surface area contributed by atoms with Gasteiger partial charge in [-0.15, -0.1) is 0 Å². The molecule has 0 N–H and O–H groups in total. The van der Waals surface area contributed by atoms with Crippen molar-refractivity contribution in [2.45, 2.75) is 58.0 Å². The smallest absolute Gasteiger partial charge is 0.323 e. The van der Waals surface area contributed by atoms with Gasteiger partial charge in [0.15, 0.2) is 0 Å². The van der Waals surface area contributed by atoms with Gasteiger partial charge in [0.1, 0.15) is 11.8 Å². The molecule has 162 valence electrons. The maximum atomic E-state index is 12.4. The van der Waals surface area contributed by atoms with E-state index >= 15 is 0 Å². The summed E-state index contributed by atoms with van der Waals surface area (Å²) in [5.74, 6) is 1.54. The van der Waals surface area contributed by atoms with Crippen molar-refractivity contribution in [2.24, 2.45) is 0 Å². The van der Waals surface area contributed by atoms with E-state index in [-0.39, 0.29) is 12.0 Å². The number of aryl methyl sites for hydroxylation is 1. The molecule has 4 rings (SSSR count). The summed E-state index contributed by atoms with van der Waals surface area (Å²) in [5.41, 5.74) is 1.90. The second-order valence-corrected chi connectivity index (χ2v) is 8.21. The zero-order valence-corrected chi connectivity index (χ0v) is 18.3. The Balaban J connectivity index is 1.47. The molecule has 7 heteroatoms. The first-order valence-electron chi connectivity index (χ1n) is 11.1. The van der Waals surface area contributed by atoms with Crippen LogP contribution in [-0.4, -0.2) is 66.3 Å². The number of hydrogen-bond donors (Lipinski definition) is 0. The Labute approximate surface area is 178 Å². The van der Waals surface area contributed by atoms with Gasteiger partial charge in [-0.2, -0.15) is 0 Å². The maximum Gasteiger partial charge on any atom is 0.323 e. The Morgan fingerprint density at radius 2 is 1.93 bits per heavy atom. The molecule has 0 aliphatic carbocycles. The number of nitrogens with zero attached hydrogens (tertiary/aromatic N) is 4. The molecule has 2 aliphatic heterocycles. The van der Waals surface area contributed by atoms with Gasteiger partial charge in [0.05, 0.1) is 24.9 Å². The van der Waals surface area contributed by atoms with E-state index in [1.54, 1.807) is 7.11 Å². The third kappa shape index (κ3) is 4.21. The molecule has 1 unspecified atom stereocenters. The van der Waals surface area contributed by atoms with Crippen molar-refractivity contribution in [1.82, 2.24) is 14.9 Å². The fraction of sp³-hybridized carbons (Fsp3) is 0.609. The Kier molecular flexibility index (Phi) is 6.37. The van der Waals surface area contributed by atoms with Gasteiger partial charge >= 0.3 is 5.97 Å². The highest BCUT2D eigenvalue weighted by Crippen LogP contribution is 2.29. The Bertz CT molecular complexity index is 895. The highest BCUT2D eigenvalue weighted by atomic mass is 16.5. The predicted molar refractivity (Wildman–Crippen MR) is 117 cm³/mol. The first-order chi connectivity index (χ1) is 14.6. The molecule has 0 spiro atoms. The van der Waals surface area contributed by atoms with Crippen molar-refractivity contribution < 1.29 is 14.3 Å². The number of methoxy groups -OCH3 is 1. The number of fused-ring (bicyclic) bond motifs is 1. The van der Waals surface area contributed by atoms with Crippen molar-refractivity contribution >= 4 is 22.8 Å². The average Bonchev–Trinajstić information content (AvgIpc) is 2.79. The molecular formula is C23H32N4O3. The van der Waals surface area contributed by atoms with Crippen molar-refractivity contribution in [3.8, 4) is 5.75 Å². The molecule has 2 saturated heterocycles. The Morgan fingerprint density at radius 3 is 2.67 bits per heavy atom. The Hall–Kier alpha value is -2.41. The summed E-state index contributed by atoms with van der Waals surface area (Å²) in [5, 5.41) is 1.06. The third-order valence-corrected chi connectivity index (χ3v) is 6.40. The molecule has 3 heterocycles. The van der Waals surface area contributed by atoms with Crippen molar-refractivity contribution in [2.75, 3.05) is 38.3 Å². The van der Waals surface area contributed by atoms with Crippen molar-refractivity contribution in [3.05, 3.63) is 23.9 Å². The zero-order chi connectivity index (χ0) is 21.1. The average molecular weight is 413 g/mol. The Morgan fingerprint density at radius 1 is 1.13 bits per heavy atom. The number of carbonyl (C=O) groups is 1.